The summed E-state index contributed by atoms with van der Waals surface area (Å²) in [7, 11) is 0. The highest BCUT2D eigenvalue weighted by molar-refractivity contribution is 5.97. The van der Waals surface area contributed by atoms with E-state index in [0.717, 1.165) is 89.4 Å². The number of nitrogens with zero attached hydrogens (tertiary/aromatic N) is 2. The fourth-order valence-electron chi connectivity index (χ4n) is 6.64. The van der Waals surface area contributed by atoms with E-state index in [0.29, 0.717) is 0 Å². The molecule has 48 heavy (non-hydrogen) atoms. The Morgan fingerprint density at radius 3 is 1.08 bits per heavy atom. The van der Waals surface area contributed by atoms with Gasteiger partial charge >= 0.3 is 0 Å². The molecule has 226 valence electrons. The number of aromatic amines is 2. The van der Waals surface area contributed by atoms with Crippen LogP contribution in [0.1, 0.15) is 33.9 Å². The molecule has 0 saturated heterocycles. The third kappa shape index (κ3) is 5.25. The second-order valence-electron chi connectivity index (χ2n) is 12.1. The Hall–Kier alpha value is -6.52. The van der Waals surface area contributed by atoms with Gasteiger partial charge in [-0.15, -0.1) is 0 Å². The molecular weight excluding hydrogens is 585 g/mol. The summed E-state index contributed by atoms with van der Waals surface area (Å²) in [5.74, 6) is 0. The van der Waals surface area contributed by atoms with Crippen molar-refractivity contribution in [1.82, 2.24) is 19.9 Å². The molecule has 4 aromatic carbocycles. The molecule has 0 aliphatic carbocycles. The van der Waals surface area contributed by atoms with E-state index in [2.05, 4.69) is 156 Å². The van der Waals surface area contributed by atoms with Gasteiger partial charge in [0.1, 0.15) is 0 Å². The van der Waals surface area contributed by atoms with Gasteiger partial charge in [-0.2, -0.15) is 0 Å². The third-order valence-electron chi connectivity index (χ3n) is 8.88. The second-order valence-corrected chi connectivity index (χ2v) is 12.1. The topological polar surface area (TPSA) is 57.4 Å². The molecule has 2 N–H and O–H groups in total. The molecular formula is C44H30N4. The van der Waals surface area contributed by atoms with Crippen molar-refractivity contribution in [2.75, 3.05) is 0 Å². The second kappa shape index (κ2) is 11.7. The highest BCUT2D eigenvalue weighted by atomic mass is 14.8. The van der Waals surface area contributed by atoms with Crippen LogP contribution in [0.2, 0.25) is 0 Å². The molecule has 0 unspecified atom stereocenters. The summed E-state index contributed by atoms with van der Waals surface area (Å²) in [6.07, 6.45) is 4.37. The monoisotopic (exact) mass is 614 g/mol. The predicted molar refractivity (Wildman–Crippen MR) is 199 cm³/mol. The van der Waals surface area contributed by atoms with Gasteiger partial charge in [0, 0.05) is 44.3 Å². The van der Waals surface area contributed by atoms with Gasteiger partial charge in [-0.05, 0) is 70.8 Å². The first-order valence-electron chi connectivity index (χ1n) is 16.2. The van der Waals surface area contributed by atoms with E-state index >= 15 is 0 Å². The molecule has 0 spiro atoms. The first-order chi connectivity index (χ1) is 23.7. The average Bonchev–Trinajstić information content (AvgIpc) is 3.92. The number of benzene rings is 4. The molecule has 0 amide bonds. The average molecular weight is 615 g/mol. The number of hydrogen-bond donors (Lipinski definition) is 2. The third-order valence-corrected chi connectivity index (χ3v) is 8.88. The summed E-state index contributed by atoms with van der Waals surface area (Å²) in [6, 6.07) is 55.0. The van der Waals surface area contributed by atoms with Crippen LogP contribution < -0.4 is 0 Å². The Morgan fingerprint density at radius 2 is 0.708 bits per heavy atom. The number of H-pyrrole nitrogens is 2. The molecule has 0 radical (unpaired) electrons. The Kier molecular flexibility index (Phi) is 6.76. The van der Waals surface area contributed by atoms with Crippen molar-refractivity contribution in [3.8, 4) is 22.3 Å². The van der Waals surface area contributed by atoms with Crippen molar-refractivity contribution in [2.45, 2.75) is 0 Å². The van der Waals surface area contributed by atoms with Crippen LogP contribution in [0.3, 0.4) is 0 Å². The summed E-state index contributed by atoms with van der Waals surface area (Å²) < 4.78 is 0. The number of nitrogens with one attached hydrogen (secondary N) is 2. The van der Waals surface area contributed by atoms with E-state index in [-0.39, 0.29) is 0 Å². The van der Waals surface area contributed by atoms with E-state index in [1.54, 1.807) is 0 Å². The normalized spacial score (nSPS) is 12.4. The first kappa shape index (κ1) is 27.8. The lowest BCUT2D eigenvalue weighted by molar-refractivity contribution is 1.30. The zero-order chi connectivity index (χ0) is 31.9. The van der Waals surface area contributed by atoms with Crippen molar-refractivity contribution < 1.29 is 0 Å². The Morgan fingerprint density at radius 1 is 0.354 bits per heavy atom. The lowest BCUT2D eigenvalue weighted by atomic mass is 10.0. The summed E-state index contributed by atoms with van der Waals surface area (Å²) in [6.45, 7) is 0. The molecule has 4 nitrogen and oxygen atoms in total. The smallest absolute Gasteiger partial charge is 0.0736 e. The standard InChI is InChI=1S/C44H30N4/c1-5-13-29(14-6-1)37-21-33-26-42-39(31-17-9-3-10-18-31)23-35(47-42)28-44-40(32-19-11-4-12-20-32)24-36(48-44)27-43-38(30-15-7-2-8-16-30)22-34(46-43)25-41(37)45-33/h1-28,45,48H. The Bertz CT molecular complexity index is 2340. The predicted octanol–water partition coefficient (Wildman–Crippen LogP) is 10.8. The first-order valence-corrected chi connectivity index (χ1v) is 16.2. The largest absolute Gasteiger partial charge is 0.355 e. The molecule has 9 rings (SSSR count). The molecule has 0 saturated carbocycles. The van der Waals surface area contributed by atoms with Gasteiger partial charge in [-0.3, -0.25) is 0 Å². The minimum Gasteiger partial charge on any atom is -0.355 e. The lowest BCUT2D eigenvalue weighted by Crippen LogP contribution is -1.84. The van der Waals surface area contributed by atoms with Crippen LogP contribution >= 0.6 is 0 Å². The van der Waals surface area contributed by atoms with Crippen molar-refractivity contribution in [1.29, 1.82) is 0 Å². The molecule has 2 aliphatic heterocycles. The fourth-order valence-corrected chi connectivity index (χ4v) is 6.64. The minimum atomic E-state index is 0.887. The molecule has 2 aliphatic rings. The molecule has 3 aromatic heterocycles. The summed E-state index contributed by atoms with van der Waals surface area (Å²) in [4.78, 5) is 17.8. The van der Waals surface area contributed by atoms with Crippen LogP contribution in [0.4, 0.5) is 0 Å². The van der Waals surface area contributed by atoms with Crippen LogP contribution in [0, 0.1) is 0 Å². The van der Waals surface area contributed by atoms with Gasteiger partial charge in [0.25, 0.3) is 0 Å². The van der Waals surface area contributed by atoms with Crippen LogP contribution in [-0.2, 0) is 0 Å². The highest BCUT2D eigenvalue weighted by Crippen LogP contribution is 2.35. The minimum absolute atomic E-state index is 0.887. The zero-order valence-corrected chi connectivity index (χ0v) is 26.1. The van der Waals surface area contributed by atoms with E-state index in [9.17, 15) is 0 Å². The molecule has 0 atom stereocenters. The van der Waals surface area contributed by atoms with Gasteiger partial charge < -0.3 is 9.97 Å². The molecule has 0 fully saturated rings. The Balaban J connectivity index is 1.38. The maximum Gasteiger partial charge on any atom is 0.0736 e. The quantitative estimate of drug-likeness (QED) is 0.207. The SMILES string of the molecule is C1=C(c2ccccc2)c2cc3cc(-c4ccccc4)c(cc4nc(cc5cc(-c6ccccc6)c(cc1n2)[nH]5)C(c1ccccc1)=C4)[nH]3. The lowest BCUT2D eigenvalue weighted by Gasteiger charge is -2.01. The fraction of sp³-hybridized carbons (Fsp3) is 0. The van der Waals surface area contributed by atoms with E-state index in [1.807, 2.05) is 24.3 Å². The van der Waals surface area contributed by atoms with Gasteiger partial charge in [0.2, 0.25) is 0 Å². The maximum atomic E-state index is 5.20. The van der Waals surface area contributed by atoms with Crippen LogP contribution in [0.25, 0.3) is 67.6 Å². The van der Waals surface area contributed by atoms with Crippen LogP contribution in [0.5, 0.6) is 0 Å². The van der Waals surface area contributed by atoms with Crippen molar-refractivity contribution in [2.24, 2.45) is 0 Å². The van der Waals surface area contributed by atoms with E-state index in [1.165, 1.54) is 0 Å². The number of rotatable bonds is 4. The number of fused-ring (bicyclic) bond motifs is 8. The summed E-state index contributed by atoms with van der Waals surface area (Å²) in [5.41, 5.74) is 16.5. The van der Waals surface area contributed by atoms with Crippen molar-refractivity contribution in [3.05, 3.63) is 192 Å². The van der Waals surface area contributed by atoms with E-state index in [4.69, 9.17) is 9.97 Å². The molecule has 5 heterocycles. The number of hydrogen-bond acceptors (Lipinski definition) is 2. The van der Waals surface area contributed by atoms with Gasteiger partial charge in [0.05, 0.1) is 22.8 Å². The number of aromatic nitrogens is 4. The molecule has 8 bridgehead atoms. The zero-order valence-electron chi connectivity index (χ0n) is 26.1. The van der Waals surface area contributed by atoms with Crippen LogP contribution in [-0.4, -0.2) is 19.9 Å². The molecule has 4 heteroatoms. The van der Waals surface area contributed by atoms with Crippen molar-refractivity contribution in [3.63, 3.8) is 0 Å². The summed E-state index contributed by atoms with van der Waals surface area (Å²) >= 11 is 0. The van der Waals surface area contributed by atoms with E-state index < -0.39 is 0 Å². The van der Waals surface area contributed by atoms with Gasteiger partial charge in [0.15, 0.2) is 0 Å². The van der Waals surface area contributed by atoms with Crippen LogP contribution in [0.15, 0.2) is 158 Å². The van der Waals surface area contributed by atoms with Crippen molar-refractivity contribution >= 4 is 45.4 Å². The summed E-state index contributed by atoms with van der Waals surface area (Å²) in [5, 5.41) is 0. The Labute approximate surface area is 278 Å². The highest BCUT2D eigenvalue weighted by Gasteiger charge is 2.16. The van der Waals surface area contributed by atoms with Gasteiger partial charge in [-0.25, -0.2) is 9.97 Å². The molecule has 7 aromatic rings. The van der Waals surface area contributed by atoms with Gasteiger partial charge in [-0.1, -0.05) is 121 Å². The maximum absolute atomic E-state index is 5.20.